The Morgan fingerprint density at radius 2 is 1.90 bits per heavy atom. The van der Waals surface area contributed by atoms with Gasteiger partial charge >= 0.3 is 5.97 Å². The van der Waals surface area contributed by atoms with E-state index in [1.54, 1.807) is 0 Å². The van der Waals surface area contributed by atoms with Crippen LogP contribution >= 0.6 is 0 Å². The van der Waals surface area contributed by atoms with Crippen molar-refractivity contribution in [1.82, 2.24) is 0 Å². The summed E-state index contributed by atoms with van der Waals surface area (Å²) >= 11 is 0. The number of amides is 1. The Hall–Kier alpha value is -3.23. The molecule has 0 aliphatic heterocycles. The van der Waals surface area contributed by atoms with Crippen LogP contribution < -0.4 is 5.32 Å². The van der Waals surface area contributed by atoms with Crippen molar-refractivity contribution < 1.29 is 28.4 Å². The number of aromatic carboxylic acids is 1. The minimum absolute atomic E-state index is 0.363. The molecule has 0 fully saturated rings. The van der Waals surface area contributed by atoms with E-state index in [-0.39, 0.29) is 5.76 Å². The van der Waals surface area contributed by atoms with Crippen LogP contribution in [-0.2, 0) is 0 Å². The number of furan rings is 1. The lowest BCUT2D eigenvalue weighted by Gasteiger charge is -2.04. The molecule has 8 nitrogen and oxygen atoms in total. The number of benzene rings is 1. The van der Waals surface area contributed by atoms with Gasteiger partial charge in [0.05, 0.1) is 10.6 Å². The van der Waals surface area contributed by atoms with Crippen LogP contribution in [0, 0.1) is 15.9 Å². The van der Waals surface area contributed by atoms with Crippen molar-refractivity contribution in [2.24, 2.45) is 0 Å². The average molecular weight is 294 g/mol. The number of non-ortho nitro benzene ring substituents is 1. The standard InChI is InChI=1S/C12H7FN2O6/c13-7-2-1-6(15(19)20)5-8(7)14-11(16)9-3-4-10(21-9)12(17)18/h1-5H,(H,14,16)(H,17,18). The number of nitro benzene ring substituents is 1. The van der Waals surface area contributed by atoms with Gasteiger partial charge in [0, 0.05) is 12.1 Å². The summed E-state index contributed by atoms with van der Waals surface area (Å²) in [6.45, 7) is 0. The summed E-state index contributed by atoms with van der Waals surface area (Å²) in [4.78, 5) is 32.2. The Kier molecular flexibility index (Phi) is 3.65. The molecule has 0 saturated heterocycles. The molecule has 1 heterocycles. The van der Waals surface area contributed by atoms with Crippen LogP contribution in [0.1, 0.15) is 21.1 Å². The molecule has 2 N–H and O–H groups in total. The van der Waals surface area contributed by atoms with Crippen LogP contribution in [-0.4, -0.2) is 21.9 Å². The minimum atomic E-state index is -1.37. The number of nitrogens with zero attached hydrogens (tertiary/aromatic N) is 1. The normalized spacial score (nSPS) is 10.1. The first kappa shape index (κ1) is 14.2. The summed E-state index contributed by atoms with van der Waals surface area (Å²) in [5.41, 5.74) is -0.820. The van der Waals surface area contributed by atoms with Gasteiger partial charge in [-0.15, -0.1) is 0 Å². The fourth-order valence-corrected chi connectivity index (χ4v) is 1.48. The molecule has 9 heteroatoms. The molecule has 0 bridgehead atoms. The zero-order valence-corrected chi connectivity index (χ0v) is 10.2. The molecule has 108 valence electrons. The van der Waals surface area contributed by atoms with Crippen LogP contribution in [0.3, 0.4) is 0 Å². The van der Waals surface area contributed by atoms with Crippen molar-refractivity contribution >= 4 is 23.3 Å². The van der Waals surface area contributed by atoms with Gasteiger partial charge in [-0.2, -0.15) is 0 Å². The largest absolute Gasteiger partial charge is 0.475 e. The molecule has 21 heavy (non-hydrogen) atoms. The highest BCUT2D eigenvalue weighted by Crippen LogP contribution is 2.22. The fraction of sp³-hybridized carbons (Fsp3) is 0. The van der Waals surface area contributed by atoms with Crippen LogP contribution in [0.25, 0.3) is 0 Å². The number of carboxylic acids is 1. The molecule has 1 amide bonds. The molecular weight excluding hydrogens is 287 g/mol. The number of carbonyl (C=O) groups excluding carboxylic acids is 1. The van der Waals surface area contributed by atoms with Gasteiger partial charge in [0.25, 0.3) is 11.6 Å². The predicted octanol–water partition coefficient (Wildman–Crippen LogP) is 2.28. The van der Waals surface area contributed by atoms with E-state index in [0.717, 1.165) is 30.3 Å². The summed E-state index contributed by atoms with van der Waals surface area (Å²) in [7, 11) is 0. The molecule has 2 aromatic rings. The zero-order chi connectivity index (χ0) is 15.6. The molecule has 0 radical (unpaired) electrons. The Labute approximate surface area is 115 Å². The summed E-state index contributed by atoms with van der Waals surface area (Å²) in [5, 5.41) is 21.3. The van der Waals surface area contributed by atoms with E-state index in [1.807, 2.05) is 0 Å². The monoisotopic (exact) mass is 294 g/mol. The third-order valence-electron chi connectivity index (χ3n) is 2.45. The van der Waals surface area contributed by atoms with Crippen molar-refractivity contribution in [3.05, 3.63) is 57.8 Å². The summed E-state index contributed by atoms with van der Waals surface area (Å²) < 4.78 is 18.2. The van der Waals surface area contributed by atoms with Gasteiger partial charge in [0.2, 0.25) is 5.76 Å². The first-order valence-electron chi connectivity index (χ1n) is 5.47. The molecule has 0 saturated carbocycles. The highest BCUT2D eigenvalue weighted by Gasteiger charge is 2.18. The van der Waals surface area contributed by atoms with E-state index in [2.05, 4.69) is 5.32 Å². The molecule has 1 aromatic carbocycles. The smallest absolute Gasteiger partial charge is 0.371 e. The van der Waals surface area contributed by atoms with Crippen molar-refractivity contribution in [3.8, 4) is 0 Å². The maximum atomic E-state index is 13.5. The van der Waals surface area contributed by atoms with Gasteiger partial charge in [-0.25, -0.2) is 9.18 Å². The number of hydrogen-bond acceptors (Lipinski definition) is 5. The highest BCUT2D eigenvalue weighted by molar-refractivity contribution is 6.03. The number of rotatable bonds is 4. The van der Waals surface area contributed by atoms with Gasteiger partial charge in [-0.1, -0.05) is 0 Å². The lowest BCUT2D eigenvalue weighted by molar-refractivity contribution is -0.384. The van der Waals surface area contributed by atoms with E-state index >= 15 is 0 Å². The Balaban J connectivity index is 2.24. The third-order valence-corrected chi connectivity index (χ3v) is 2.45. The van der Waals surface area contributed by atoms with Gasteiger partial charge in [0.1, 0.15) is 5.82 Å². The first-order chi connectivity index (χ1) is 9.88. The van der Waals surface area contributed by atoms with E-state index in [1.165, 1.54) is 0 Å². The number of carbonyl (C=O) groups is 2. The maximum Gasteiger partial charge on any atom is 0.371 e. The van der Waals surface area contributed by atoms with Crippen molar-refractivity contribution in [1.29, 1.82) is 0 Å². The number of nitro groups is 1. The van der Waals surface area contributed by atoms with E-state index in [9.17, 15) is 24.1 Å². The average Bonchev–Trinajstić information content (AvgIpc) is 2.90. The first-order valence-corrected chi connectivity index (χ1v) is 5.47. The van der Waals surface area contributed by atoms with Gasteiger partial charge in [0.15, 0.2) is 5.76 Å². The second kappa shape index (κ2) is 5.41. The minimum Gasteiger partial charge on any atom is -0.475 e. The number of anilines is 1. The zero-order valence-electron chi connectivity index (χ0n) is 10.2. The topological polar surface area (TPSA) is 123 Å². The van der Waals surface area contributed by atoms with E-state index in [0.29, 0.717) is 0 Å². The summed E-state index contributed by atoms with van der Waals surface area (Å²) in [6.07, 6.45) is 0. The Morgan fingerprint density at radius 3 is 2.48 bits per heavy atom. The lowest BCUT2D eigenvalue weighted by atomic mass is 10.2. The van der Waals surface area contributed by atoms with E-state index < -0.39 is 39.8 Å². The van der Waals surface area contributed by atoms with Crippen LogP contribution in [0.5, 0.6) is 0 Å². The molecule has 1 aromatic heterocycles. The number of nitrogens with one attached hydrogen (secondary N) is 1. The molecule has 0 spiro atoms. The molecule has 2 rings (SSSR count). The van der Waals surface area contributed by atoms with Crippen LogP contribution in [0.4, 0.5) is 15.8 Å². The van der Waals surface area contributed by atoms with Crippen LogP contribution in [0.15, 0.2) is 34.7 Å². The van der Waals surface area contributed by atoms with Crippen LogP contribution in [0.2, 0.25) is 0 Å². The molecule has 0 unspecified atom stereocenters. The number of hydrogen-bond donors (Lipinski definition) is 2. The second-order valence-electron chi connectivity index (χ2n) is 3.84. The molecule has 0 aliphatic rings. The quantitative estimate of drug-likeness (QED) is 0.658. The van der Waals surface area contributed by atoms with Crippen molar-refractivity contribution in [2.75, 3.05) is 5.32 Å². The summed E-state index contributed by atoms with van der Waals surface area (Å²) in [5.74, 6) is -3.99. The fourth-order valence-electron chi connectivity index (χ4n) is 1.48. The van der Waals surface area contributed by atoms with E-state index in [4.69, 9.17) is 9.52 Å². The van der Waals surface area contributed by atoms with Gasteiger partial charge in [-0.05, 0) is 18.2 Å². The Bertz CT molecular complexity index is 739. The van der Waals surface area contributed by atoms with Crippen molar-refractivity contribution in [3.63, 3.8) is 0 Å². The van der Waals surface area contributed by atoms with Gasteiger partial charge < -0.3 is 14.8 Å². The molecule has 0 aliphatic carbocycles. The lowest BCUT2D eigenvalue weighted by Crippen LogP contribution is -2.12. The molecule has 0 atom stereocenters. The predicted molar refractivity (Wildman–Crippen MR) is 66.7 cm³/mol. The third kappa shape index (κ3) is 3.03. The maximum absolute atomic E-state index is 13.5. The Morgan fingerprint density at radius 1 is 1.24 bits per heavy atom. The number of halogens is 1. The van der Waals surface area contributed by atoms with Gasteiger partial charge in [-0.3, -0.25) is 14.9 Å². The summed E-state index contributed by atoms with van der Waals surface area (Å²) in [6, 6.07) is 4.77. The number of carboxylic acid groups (broad SMARTS) is 1. The second-order valence-corrected chi connectivity index (χ2v) is 3.84. The molecular formula is C12H7FN2O6. The van der Waals surface area contributed by atoms with Crippen molar-refractivity contribution in [2.45, 2.75) is 0 Å². The highest BCUT2D eigenvalue weighted by atomic mass is 19.1. The SMILES string of the molecule is O=C(O)c1ccc(C(=O)Nc2cc([N+](=O)[O-])ccc2F)o1.